The first kappa shape index (κ1) is 23.1. The van der Waals surface area contributed by atoms with Crippen LogP contribution in [0, 0.1) is 6.92 Å². The van der Waals surface area contributed by atoms with Crippen LogP contribution in [0.4, 0.5) is 24.8 Å². The van der Waals surface area contributed by atoms with Crippen molar-refractivity contribution in [3.8, 4) is 0 Å². The molecule has 3 aliphatic heterocycles. The van der Waals surface area contributed by atoms with E-state index in [0.29, 0.717) is 49.8 Å². The highest BCUT2D eigenvalue weighted by Gasteiger charge is 2.34. The Labute approximate surface area is 201 Å². The summed E-state index contributed by atoms with van der Waals surface area (Å²) < 4.78 is 39.4. The highest BCUT2D eigenvalue weighted by Crippen LogP contribution is 2.38. The second-order valence-electron chi connectivity index (χ2n) is 8.77. The maximum Gasteiger partial charge on any atom is 0.416 e. The molecule has 0 radical (unpaired) electrons. The van der Waals surface area contributed by atoms with E-state index in [1.165, 1.54) is 6.07 Å². The molecule has 10 heteroatoms. The summed E-state index contributed by atoms with van der Waals surface area (Å²) >= 11 is 0. The molecular formula is C25H25F3N6O. The molecule has 1 aromatic heterocycles. The Morgan fingerprint density at radius 2 is 2.03 bits per heavy atom. The lowest BCUT2D eigenvalue weighted by atomic mass is 9.93. The number of carbonyl (C=O) groups excluding carboxylic acids is 1. The van der Waals surface area contributed by atoms with Gasteiger partial charge >= 0.3 is 6.18 Å². The van der Waals surface area contributed by atoms with E-state index in [1.54, 1.807) is 24.8 Å². The Balaban J connectivity index is 1.49. The first-order valence-electron chi connectivity index (χ1n) is 11.5. The molecular weight excluding hydrogens is 457 g/mol. The molecule has 0 unspecified atom stereocenters. The van der Waals surface area contributed by atoms with Crippen LogP contribution in [-0.2, 0) is 17.5 Å². The third-order valence-electron chi connectivity index (χ3n) is 6.38. The zero-order valence-corrected chi connectivity index (χ0v) is 19.5. The van der Waals surface area contributed by atoms with Gasteiger partial charge in [0.1, 0.15) is 23.3 Å². The third kappa shape index (κ3) is 4.52. The molecule has 182 valence electrons. The van der Waals surface area contributed by atoms with Crippen molar-refractivity contribution in [2.24, 2.45) is 4.99 Å². The first-order chi connectivity index (χ1) is 16.7. The van der Waals surface area contributed by atoms with Gasteiger partial charge < -0.3 is 15.1 Å². The quantitative estimate of drug-likeness (QED) is 0.707. The molecule has 1 N–H and O–H groups in total. The number of alkyl halides is 3. The van der Waals surface area contributed by atoms with E-state index in [9.17, 15) is 18.0 Å². The average molecular weight is 483 g/mol. The highest BCUT2D eigenvalue weighted by molar-refractivity contribution is 6.19. The normalized spacial score (nSPS) is 17.3. The lowest BCUT2D eigenvalue weighted by molar-refractivity contribution is -0.137. The van der Waals surface area contributed by atoms with Gasteiger partial charge in [0, 0.05) is 38.7 Å². The summed E-state index contributed by atoms with van der Waals surface area (Å²) in [6.07, 6.45) is 0.396. The third-order valence-corrected chi connectivity index (χ3v) is 6.38. The van der Waals surface area contributed by atoms with Gasteiger partial charge in [-0.1, -0.05) is 18.2 Å². The summed E-state index contributed by atoms with van der Waals surface area (Å²) in [5.74, 6) is 2.78. The predicted molar refractivity (Wildman–Crippen MR) is 128 cm³/mol. The maximum atomic E-state index is 13.1. The molecule has 7 nitrogen and oxygen atoms in total. The number of amides is 1. The van der Waals surface area contributed by atoms with Crippen molar-refractivity contribution < 1.29 is 18.0 Å². The molecule has 0 fully saturated rings. The van der Waals surface area contributed by atoms with Crippen molar-refractivity contribution >= 4 is 29.5 Å². The number of aromatic nitrogens is 2. The number of hydrogen-bond acceptors (Lipinski definition) is 6. The van der Waals surface area contributed by atoms with Crippen LogP contribution in [0.1, 0.15) is 35.9 Å². The van der Waals surface area contributed by atoms with Gasteiger partial charge in [-0.3, -0.25) is 9.79 Å². The van der Waals surface area contributed by atoms with E-state index >= 15 is 0 Å². The van der Waals surface area contributed by atoms with E-state index in [1.807, 2.05) is 6.08 Å². The number of benzene rings is 1. The number of nitrogens with zero attached hydrogens (tertiary/aromatic N) is 5. The van der Waals surface area contributed by atoms with E-state index in [-0.39, 0.29) is 12.5 Å². The van der Waals surface area contributed by atoms with Gasteiger partial charge in [0.2, 0.25) is 5.91 Å². The monoisotopic (exact) mass is 482 g/mol. The molecule has 0 saturated heterocycles. The predicted octanol–water partition coefficient (Wildman–Crippen LogP) is 4.21. The van der Waals surface area contributed by atoms with E-state index in [4.69, 9.17) is 4.99 Å². The van der Waals surface area contributed by atoms with Crippen molar-refractivity contribution in [2.45, 2.75) is 33.0 Å². The first-order valence-corrected chi connectivity index (χ1v) is 11.5. The van der Waals surface area contributed by atoms with Crippen LogP contribution in [0.15, 0.2) is 46.5 Å². The molecule has 0 atom stereocenters. The van der Waals surface area contributed by atoms with Gasteiger partial charge in [-0.25, -0.2) is 9.97 Å². The lowest BCUT2D eigenvalue weighted by Gasteiger charge is -2.32. The minimum atomic E-state index is -4.39. The average Bonchev–Trinajstić information content (AvgIpc) is 3.32. The van der Waals surface area contributed by atoms with Crippen molar-refractivity contribution in [1.82, 2.24) is 14.9 Å². The number of carbonyl (C=O) groups is 1. The van der Waals surface area contributed by atoms with E-state index in [2.05, 4.69) is 26.3 Å². The lowest BCUT2D eigenvalue weighted by Crippen LogP contribution is -2.37. The van der Waals surface area contributed by atoms with Crippen LogP contribution < -0.4 is 10.2 Å². The molecule has 3 aliphatic rings. The van der Waals surface area contributed by atoms with Crippen LogP contribution in [0.3, 0.4) is 0 Å². The number of nitrogens with one attached hydrogen (secondary N) is 1. The Morgan fingerprint density at radius 1 is 1.20 bits per heavy atom. The molecule has 1 aromatic carbocycles. The number of anilines is 2. The van der Waals surface area contributed by atoms with Gasteiger partial charge in [-0.2, -0.15) is 13.2 Å². The summed E-state index contributed by atoms with van der Waals surface area (Å²) in [6, 6.07) is 5.27. The van der Waals surface area contributed by atoms with Gasteiger partial charge in [-0.15, -0.1) is 0 Å². The molecule has 35 heavy (non-hydrogen) atoms. The van der Waals surface area contributed by atoms with Crippen LogP contribution in [0.5, 0.6) is 0 Å². The fourth-order valence-electron chi connectivity index (χ4n) is 4.61. The van der Waals surface area contributed by atoms with Crippen LogP contribution in [-0.4, -0.2) is 52.8 Å². The van der Waals surface area contributed by atoms with Gasteiger partial charge in [0.25, 0.3) is 0 Å². The Hall–Kier alpha value is -3.69. The molecule has 0 saturated carbocycles. The topological polar surface area (TPSA) is 73.7 Å². The summed E-state index contributed by atoms with van der Waals surface area (Å²) in [5, 5.41) is 3.23. The molecule has 0 bridgehead atoms. The Kier molecular flexibility index (Phi) is 5.82. The van der Waals surface area contributed by atoms with Crippen molar-refractivity contribution in [3.63, 3.8) is 0 Å². The smallest absolute Gasteiger partial charge is 0.365 e. The number of rotatable bonds is 4. The largest absolute Gasteiger partial charge is 0.416 e. The zero-order chi connectivity index (χ0) is 24.7. The van der Waals surface area contributed by atoms with Crippen molar-refractivity contribution in [2.75, 3.05) is 36.4 Å². The number of hydrogen-bond donors (Lipinski definition) is 1. The van der Waals surface area contributed by atoms with Gasteiger partial charge in [0.15, 0.2) is 0 Å². The molecule has 1 amide bonds. The van der Waals surface area contributed by atoms with E-state index < -0.39 is 11.7 Å². The molecule has 0 spiro atoms. The fourth-order valence-corrected chi connectivity index (χ4v) is 4.61. The molecule has 0 aliphatic carbocycles. The van der Waals surface area contributed by atoms with Crippen LogP contribution in [0.2, 0.25) is 0 Å². The molecule has 5 rings (SSSR count). The number of amidine groups is 1. The minimum Gasteiger partial charge on any atom is -0.365 e. The fraction of sp³-hybridized carbons (Fsp3) is 0.360. The van der Waals surface area contributed by atoms with Crippen LogP contribution in [0.25, 0.3) is 6.08 Å². The van der Waals surface area contributed by atoms with Gasteiger partial charge in [0.05, 0.1) is 17.7 Å². The van der Waals surface area contributed by atoms with E-state index in [0.717, 1.165) is 40.5 Å². The van der Waals surface area contributed by atoms with Gasteiger partial charge in [-0.05, 0) is 42.7 Å². The second-order valence-corrected chi connectivity index (χ2v) is 8.77. The number of aliphatic imine (C=N–C) groups is 1. The van der Waals surface area contributed by atoms with Crippen molar-refractivity contribution in [3.05, 3.63) is 64.0 Å². The summed E-state index contributed by atoms with van der Waals surface area (Å²) in [4.78, 5) is 29.6. The number of aryl methyl sites for hydroxylation is 1. The van der Waals surface area contributed by atoms with Crippen molar-refractivity contribution in [1.29, 1.82) is 0 Å². The minimum absolute atomic E-state index is 0.0491. The summed E-state index contributed by atoms with van der Waals surface area (Å²) in [7, 11) is 0. The molecule has 2 aromatic rings. The summed E-state index contributed by atoms with van der Waals surface area (Å²) in [6.45, 7) is 6.08. The van der Waals surface area contributed by atoms with Crippen LogP contribution >= 0.6 is 0 Å². The maximum absolute atomic E-state index is 13.1. The number of halogens is 3. The molecule has 4 heterocycles. The second kappa shape index (κ2) is 8.83. The summed E-state index contributed by atoms with van der Waals surface area (Å²) in [5.41, 5.74) is 2.71. The zero-order valence-electron chi connectivity index (χ0n) is 19.5. The Bertz CT molecular complexity index is 1280. The standard InChI is InChI=1S/C25H25F3N6O/c1-15-31-22(30-14-17-4-3-5-19(12-17)25(26,27)28)21-13-20(18-6-9-33(10-7-18)16(2)35)23-29-8-11-34(23)24(21)32-15/h3-6,12-13H,7-11,14H2,1-2H3,(H,30,31,32). The number of fused-ring (bicyclic) bond motifs is 3. The highest BCUT2D eigenvalue weighted by atomic mass is 19.4. The SMILES string of the molecule is CC(=O)N1CC=C(C2=Cc3c(NCc4cccc(C(F)(F)F)c4)nc(C)nc3N3CCN=C23)CC1. The Morgan fingerprint density at radius 3 is 2.74 bits per heavy atom.